The molecule has 0 atom stereocenters. The van der Waals surface area contributed by atoms with Crippen molar-refractivity contribution in [2.24, 2.45) is 0 Å². The van der Waals surface area contributed by atoms with Gasteiger partial charge in [0, 0.05) is 24.7 Å². The molecule has 3 rings (SSSR count). The monoisotopic (exact) mass is 438 g/mol. The summed E-state index contributed by atoms with van der Waals surface area (Å²) in [6.07, 6.45) is 3.00. The van der Waals surface area contributed by atoms with Gasteiger partial charge < -0.3 is 15.4 Å². The van der Waals surface area contributed by atoms with Crippen LogP contribution in [0.2, 0.25) is 0 Å². The Morgan fingerprint density at radius 1 is 1.27 bits per heavy atom. The van der Waals surface area contributed by atoms with E-state index in [1.807, 2.05) is 0 Å². The van der Waals surface area contributed by atoms with Crippen LogP contribution in [0.25, 0.3) is 0 Å². The van der Waals surface area contributed by atoms with E-state index in [-0.39, 0.29) is 42.0 Å². The summed E-state index contributed by atoms with van der Waals surface area (Å²) >= 11 is 0. The van der Waals surface area contributed by atoms with Crippen LogP contribution >= 0.6 is 0 Å². The van der Waals surface area contributed by atoms with E-state index in [2.05, 4.69) is 15.4 Å². The molecule has 0 unspecified atom stereocenters. The van der Waals surface area contributed by atoms with E-state index < -0.39 is 21.6 Å². The predicted octanol–water partition coefficient (Wildman–Crippen LogP) is 1.65. The zero-order valence-electron chi connectivity index (χ0n) is 17.0. The zero-order valence-corrected chi connectivity index (χ0v) is 17.8. The van der Waals surface area contributed by atoms with Crippen molar-refractivity contribution < 1.29 is 27.5 Å². The van der Waals surface area contributed by atoms with Gasteiger partial charge in [-0.3, -0.25) is 19.2 Å². The molecule has 1 aromatic carbocycles. The summed E-state index contributed by atoms with van der Waals surface area (Å²) in [4.78, 5) is 38.2. The molecular weight excluding hydrogens is 412 g/mol. The first kappa shape index (κ1) is 21.9. The molecule has 30 heavy (non-hydrogen) atoms. The molecule has 11 heteroatoms. The van der Waals surface area contributed by atoms with Crippen LogP contribution < -0.4 is 20.1 Å². The molecule has 10 nitrogen and oxygen atoms in total. The van der Waals surface area contributed by atoms with Gasteiger partial charge in [0.1, 0.15) is 11.3 Å². The Labute approximate surface area is 175 Å². The molecule has 1 heterocycles. The Morgan fingerprint density at radius 2 is 1.97 bits per heavy atom. The minimum atomic E-state index is -3.47. The number of imide groups is 1. The first-order valence-corrected chi connectivity index (χ1v) is 11.5. The lowest BCUT2D eigenvalue weighted by Crippen LogP contribution is -2.44. The minimum absolute atomic E-state index is 0.0102. The molecule has 1 aliphatic heterocycles. The predicted molar refractivity (Wildman–Crippen MR) is 111 cm³/mol. The van der Waals surface area contributed by atoms with Crippen LogP contribution in [-0.2, 0) is 19.6 Å². The molecular formula is C19H26N4O6S. The molecule has 0 aromatic heterocycles. The van der Waals surface area contributed by atoms with E-state index in [4.69, 9.17) is 4.74 Å². The Hall–Kier alpha value is -2.82. The maximum absolute atomic E-state index is 12.6. The van der Waals surface area contributed by atoms with Gasteiger partial charge >= 0.3 is 6.03 Å². The molecule has 3 N–H and O–H groups in total. The van der Waals surface area contributed by atoms with Crippen molar-refractivity contribution in [3.05, 3.63) is 18.2 Å². The maximum Gasteiger partial charge on any atom is 0.325 e. The quantitative estimate of drug-likeness (QED) is 0.529. The highest BCUT2D eigenvalue weighted by Crippen LogP contribution is 2.35. The zero-order chi connectivity index (χ0) is 21.9. The van der Waals surface area contributed by atoms with Crippen molar-refractivity contribution >= 4 is 39.2 Å². The van der Waals surface area contributed by atoms with E-state index in [0.29, 0.717) is 18.5 Å². The van der Waals surface area contributed by atoms with Gasteiger partial charge in [-0.25, -0.2) is 13.2 Å². The van der Waals surface area contributed by atoms with Crippen molar-refractivity contribution in [3.63, 3.8) is 0 Å². The van der Waals surface area contributed by atoms with Gasteiger partial charge in [0.15, 0.2) is 0 Å². The molecule has 1 aromatic rings. The van der Waals surface area contributed by atoms with Crippen LogP contribution in [0.1, 0.15) is 39.0 Å². The molecule has 4 amide bonds. The van der Waals surface area contributed by atoms with Crippen LogP contribution in [-0.4, -0.2) is 56.1 Å². The highest BCUT2D eigenvalue weighted by atomic mass is 32.2. The molecule has 0 bridgehead atoms. The van der Waals surface area contributed by atoms with Crippen molar-refractivity contribution in [2.75, 3.05) is 29.4 Å². The second kappa shape index (κ2) is 8.50. The molecule has 1 aliphatic carbocycles. The third kappa shape index (κ3) is 4.50. The Balaban J connectivity index is 1.60. The number of carbonyl (C=O) groups is 3. The van der Waals surface area contributed by atoms with Crippen molar-refractivity contribution in [1.29, 1.82) is 0 Å². The number of amides is 4. The van der Waals surface area contributed by atoms with Crippen LogP contribution in [0, 0.1) is 0 Å². The summed E-state index contributed by atoms with van der Waals surface area (Å²) < 4.78 is 31.1. The number of hydrogen-bond acceptors (Lipinski definition) is 6. The van der Waals surface area contributed by atoms with Crippen LogP contribution in [0.5, 0.6) is 5.75 Å². The van der Waals surface area contributed by atoms with Gasteiger partial charge in [0.2, 0.25) is 15.9 Å². The number of nitrogens with zero attached hydrogens (tertiary/aromatic N) is 1. The lowest BCUT2D eigenvalue weighted by Gasteiger charge is -2.20. The summed E-state index contributed by atoms with van der Waals surface area (Å²) in [7, 11) is -2.08. The lowest BCUT2D eigenvalue weighted by atomic mass is 9.98. The number of rotatable bonds is 8. The summed E-state index contributed by atoms with van der Waals surface area (Å²) in [6, 6.07) is 4.06. The van der Waals surface area contributed by atoms with E-state index in [0.717, 1.165) is 17.7 Å². The van der Waals surface area contributed by atoms with Crippen molar-refractivity contribution in [1.82, 2.24) is 10.2 Å². The smallest absolute Gasteiger partial charge is 0.325 e. The molecule has 0 radical (unpaired) electrons. The van der Waals surface area contributed by atoms with E-state index >= 15 is 0 Å². The fraction of sp³-hybridized carbons (Fsp3) is 0.526. The molecule has 1 saturated carbocycles. The third-order valence-corrected chi connectivity index (χ3v) is 6.69. The number of benzene rings is 1. The third-order valence-electron chi connectivity index (χ3n) is 5.40. The Bertz CT molecular complexity index is 956. The summed E-state index contributed by atoms with van der Waals surface area (Å²) in [6.45, 7) is 1.51. The molecule has 1 spiro atoms. The normalized spacial score (nSPS) is 17.9. The van der Waals surface area contributed by atoms with Gasteiger partial charge in [-0.1, -0.05) is 12.8 Å². The first-order valence-electron chi connectivity index (χ1n) is 9.82. The lowest BCUT2D eigenvalue weighted by molar-refractivity contribution is -0.131. The number of sulfonamides is 1. The fourth-order valence-corrected chi connectivity index (χ4v) is 4.37. The first-order chi connectivity index (χ1) is 14.2. The van der Waals surface area contributed by atoms with Crippen LogP contribution in [0.3, 0.4) is 0 Å². The van der Waals surface area contributed by atoms with Crippen LogP contribution in [0.4, 0.5) is 16.2 Å². The van der Waals surface area contributed by atoms with Crippen LogP contribution in [0.15, 0.2) is 18.2 Å². The number of anilines is 2. The van der Waals surface area contributed by atoms with Gasteiger partial charge in [-0.2, -0.15) is 0 Å². The topological polar surface area (TPSA) is 134 Å². The Kier molecular flexibility index (Phi) is 6.20. The number of methoxy groups -OCH3 is 1. The standard InChI is InChI=1S/C19H26N4O6S/c1-3-30(27,28)22-14-7-6-13(12-15(14)29-2)20-16(24)8-11-23-17(25)19(21-18(23)26)9-4-5-10-19/h6-7,12,22H,3-5,8-11H2,1-2H3,(H,20,24)(H,21,26). The average molecular weight is 439 g/mol. The number of carbonyl (C=O) groups excluding carboxylic acids is 3. The van der Waals surface area contributed by atoms with Crippen molar-refractivity contribution in [3.8, 4) is 5.75 Å². The SMILES string of the molecule is CCS(=O)(=O)Nc1ccc(NC(=O)CCN2C(=O)NC3(CCCC3)C2=O)cc1OC. The van der Waals surface area contributed by atoms with Gasteiger partial charge in [0.25, 0.3) is 5.91 Å². The molecule has 1 saturated heterocycles. The van der Waals surface area contributed by atoms with E-state index in [9.17, 15) is 22.8 Å². The molecule has 2 fully saturated rings. The highest BCUT2D eigenvalue weighted by Gasteiger charge is 2.52. The largest absolute Gasteiger partial charge is 0.494 e. The second-order valence-corrected chi connectivity index (χ2v) is 9.41. The summed E-state index contributed by atoms with van der Waals surface area (Å²) in [5.41, 5.74) is -0.123. The maximum atomic E-state index is 12.6. The van der Waals surface area contributed by atoms with E-state index in [1.54, 1.807) is 0 Å². The number of nitrogens with one attached hydrogen (secondary N) is 3. The molecule has 164 valence electrons. The van der Waals surface area contributed by atoms with Gasteiger partial charge in [-0.05, 0) is 31.9 Å². The summed E-state index contributed by atoms with van der Waals surface area (Å²) in [5, 5.41) is 5.45. The minimum Gasteiger partial charge on any atom is -0.494 e. The average Bonchev–Trinajstić information content (AvgIpc) is 3.26. The summed E-state index contributed by atoms with van der Waals surface area (Å²) in [5.74, 6) is -0.473. The van der Waals surface area contributed by atoms with Gasteiger partial charge in [0.05, 0.1) is 18.6 Å². The van der Waals surface area contributed by atoms with Crippen molar-refractivity contribution in [2.45, 2.75) is 44.6 Å². The Morgan fingerprint density at radius 3 is 2.60 bits per heavy atom. The fourth-order valence-electron chi connectivity index (χ4n) is 3.73. The second-order valence-electron chi connectivity index (χ2n) is 7.39. The number of ether oxygens (including phenoxy) is 1. The molecule has 2 aliphatic rings. The van der Waals surface area contributed by atoms with Gasteiger partial charge in [-0.15, -0.1) is 0 Å². The number of urea groups is 1. The number of hydrogen-bond donors (Lipinski definition) is 3. The van der Waals surface area contributed by atoms with E-state index in [1.165, 1.54) is 32.2 Å². The highest BCUT2D eigenvalue weighted by molar-refractivity contribution is 7.92.